The molecule has 114 valence electrons. The number of carbonyl (C=O) groups excluding carboxylic acids is 1. The number of amides is 1. The van der Waals surface area contributed by atoms with Crippen molar-refractivity contribution in [3.05, 3.63) is 53.1 Å². The van der Waals surface area contributed by atoms with Gasteiger partial charge in [-0.1, -0.05) is 26.0 Å². The number of anilines is 1. The molecule has 0 spiro atoms. The van der Waals surface area contributed by atoms with Gasteiger partial charge in [-0.15, -0.1) is 0 Å². The maximum atomic E-state index is 12.6. The Morgan fingerprint density at radius 2 is 1.86 bits per heavy atom. The molecule has 0 unspecified atom stereocenters. The van der Waals surface area contributed by atoms with Crippen LogP contribution in [-0.4, -0.2) is 18.1 Å². The average molecular weight is 297 g/mol. The normalized spacial score (nSPS) is 13.6. The van der Waals surface area contributed by atoms with Crippen molar-refractivity contribution in [2.45, 2.75) is 26.3 Å². The molecule has 1 aliphatic heterocycles. The summed E-state index contributed by atoms with van der Waals surface area (Å²) in [5, 5.41) is 9.86. The fourth-order valence-electron chi connectivity index (χ4n) is 2.74. The Morgan fingerprint density at radius 1 is 1.18 bits per heavy atom. The first-order valence-corrected chi connectivity index (χ1v) is 7.33. The van der Waals surface area contributed by atoms with Gasteiger partial charge in [0.05, 0.1) is 13.7 Å². The van der Waals surface area contributed by atoms with Crippen LogP contribution in [0.1, 0.15) is 41.3 Å². The molecule has 0 radical (unpaired) electrons. The van der Waals surface area contributed by atoms with E-state index in [1.54, 1.807) is 17.0 Å². The summed E-state index contributed by atoms with van der Waals surface area (Å²) in [6.45, 7) is 4.74. The summed E-state index contributed by atoms with van der Waals surface area (Å²) in [6, 6.07) is 11.2. The van der Waals surface area contributed by atoms with Gasteiger partial charge in [-0.2, -0.15) is 0 Å². The second-order valence-corrected chi connectivity index (χ2v) is 5.82. The molecule has 0 aromatic heterocycles. The molecule has 1 heterocycles. The largest absolute Gasteiger partial charge is 0.504 e. The Bertz CT molecular complexity index is 720. The number of fused-ring (bicyclic) bond motifs is 1. The molecule has 2 aromatic carbocycles. The van der Waals surface area contributed by atoms with E-state index >= 15 is 0 Å². The molecular weight excluding hydrogens is 278 g/mol. The van der Waals surface area contributed by atoms with Gasteiger partial charge in [0.1, 0.15) is 0 Å². The standard InChI is InChI=1S/C18H19NO3/c1-11(2)12-4-6-14(7-5-12)19-10-13-8-16(20)17(22-3)9-15(13)18(19)21/h4-9,11,20H,10H2,1-3H3. The van der Waals surface area contributed by atoms with Crippen LogP contribution in [-0.2, 0) is 6.54 Å². The van der Waals surface area contributed by atoms with Crippen molar-refractivity contribution in [2.24, 2.45) is 0 Å². The van der Waals surface area contributed by atoms with Crippen molar-refractivity contribution in [1.29, 1.82) is 0 Å². The Kier molecular flexibility index (Phi) is 3.53. The Hall–Kier alpha value is -2.49. The molecular formula is C18H19NO3. The van der Waals surface area contributed by atoms with Crippen molar-refractivity contribution >= 4 is 11.6 Å². The van der Waals surface area contributed by atoms with Crippen LogP contribution in [0.15, 0.2) is 36.4 Å². The van der Waals surface area contributed by atoms with Gasteiger partial charge >= 0.3 is 0 Å². The molecule has 2 aromatic rings. The third-order valence-corrected chi connectivity index (χ3v) is 4.08. The van der Waals surface area contributed by atoms with Crippen LogP contribution in [0.3, 0.4) is 0 Å². The summed E-state index contributed by atoms with van der Waals surface area (Å²) in [6.07, 6.45) is 0. The quantitative estimate of drug-likeness (QED) is 0.940. The van der Waals surface area contributed by atoms with Gasteiger partial charge in [0, 0.05) is 11.3 Å². The van der Waals surface area contributed by atoms with E-state index in [0.717, 1.165) is 11.3 Å². The van der Waals surface area contributed by atoms with Crippen molar-refractivity contribution in [3.63, 3.8) is 0 Å². The second kappa shape index (κ2) is 5.37. The maximum Gasteiger partial charge on any atom is 0.259 e. The summed E-state index contributed by atoms with van der Waals surface area (Å²) < 4.78 is 5.08. The first-order valence-electron chi connectivity index (χ1n) is 7.33. The molecule has 0 fully saturated rings. The third-order valence-electron chi connectivity index (χ3n) is 4.08. The van der Waals surface area contributed by atoms with E-state index in [-0.39, 0.29) is 11.7 Å². The summed E-state index contributed by atoms with van der Waals surface area (Å²) >= 11 is 0. The van der Waals surface area contributed by atoms with Crippen LogP contribution in [0.4, 0.5) is 5.69 Å². The van der Waals surface area contributed by atoms with Crippen LogP contribution in [0.5, 0.6) is 11.5 Å². The molecule has 0 saturated carbocycles. The zero-order valence-corrected chi connectivity index (χ0v) is 13.0. The fraction of sp³-hybridized carbons (Fsp3) is 0.278. The van der Waals surface area contributed by atoms with Crippen molar-refractivity contribution < 1.29 is 14.6 Å². The summed E-state index contributed by atoms with van der Waals surface area (Å²) in [5.41, 5.74) is 3.51. The lowest BCUT2D eigenvalue weighted by Crippen LogP contribution is -2.22. The molecule has 4 heteroatoms. The van der Waals surface area contributed by atoms with Gasteiger partial charge in [0.15, 0.2) is 11.5 Å². The molecule has 0 bridgehead atoms. The number of benzene rings is 2. The highest BCUT2D eigenvalue weighted by Crippen LogP contribution is 2.36. The Morgan fingerprint density at radius 3 is 2.45 bits per heavy atom. The second-order valence-electron chi connectivity index (χ2n) is 5.82. The molecule has 3 rings (SSSR count). The number of hydrogen-bond acceptors (Lipinski definition) is 3. The topological polar surface area (TPSA) is 49.8 Å². The van der Waals surface area contributed by atoms with Crippen molar-refractivity contribution in [3.8, 4) is 11.5 Å². The smallest absolute Gasteiger partial charge is 0.259 e. The minimum absolute atomic E-state index is 0.0612. The number of methoxy groups -OCH3 is 1. The zero-order chi connectivity index (χ0) is 15.9. The average Bonchev–Trinajstić information content (AvgIpc) is 2.82. The molecule has 0 aliphatic carbocycles. The van der Waals surface area contributed by atoms with Crippen LogP contribution in [0.2, 0.25) is 0 Å². The van der Waals surface area contributed by atoms with E-state index in [1.807, 2.05) is 24.3 Å². The van der Waals surface area contributed by atoms with E-state index in [2.05, 4.69) is 13.8 Å². The van der Waals surface area contributed by atoms with E-state index in [1.165, 1.54) is 12.7 Å². The lowest BCUT2D eigenvalue weighted by molar-refractivity contribution is 0.0996. The summed E-state index contributed by atoms with van der Waals surface area (Å²) in [7, 11) is 1.48. The Labute approximate surface area is 130 Å². The molecule has 1 N–H and O–H groups in total. The van der Waals surface area contributed by atoms with Gasteiger partial charge in [-0.25, -0.2) is 0 Å². The molecule has 4 nitrogen and oxygen atoms in total. The van der Waals surface area contributed by atoms with Crippen LogP contribution in [0, 0.1) is 0 Å². The summed E-state index contributed by atoms with van der Waals surface area (Å²) in [4.78, 5) is 14.3. The number of phenols is 1. The SMILES string of the molecule is COc1cc2c(cc1O)CN(c1ccc(C(C)C)cc1)C2=O. The number of rotatable bonds is 3. The molecule has 0 saturated heterocycles. The highest BCUT2D eigenvalue weighted by Gasteiger charge is 2.30. The Balaban J connectivity index is 1.93. The van der Waals surface area contributed by atoms with Crippen molar-refractivity contribution in [1.82, 2.24) is 0 Å². The van der Waals surface area contributed by atoms with Crippen molar-refractivity contribution in [2.75, 3.05) is 12.0 Å². The number of aromatic hydroxyl groups is 1. The van der Waals surface area contributed by atoms with Gasteiger partial charge in [-0.05, 0) is 41.3 Å². The number of ether oxygens (including phenoxy) is 1. The highest BCUT2D eigenvalue weighted by atomic mass is 16.5. The van der Waals surface area contributed by atoms with Gasteiger partial charge < -0.3 is 14.7 Å². The predicted molar refractivity (Wildman–Crippen MR) is 85.7 cm³/mol. The molecule has 22 heavy (non-hydrogen) atoms. The number of carbonyl (C=O) groups is 1. The van der Waals surface area contributed by atoms with Gasteiger partial charge in [0.2, 0.25) is 0 Å². The molecule has 1 aliphatic rings. The lowest BCUT2D eigenvalue weighted by Gasteiger charge is -2.16. The number of phenolic OH excluding ortho intramolecular Hbond substituents is 1. The first-order chi connectivity index (χ1) is 10.5. The predicted octanol–water partition coefficient (Wildman–Crippen LogP) is 3.68. The lowest BCUT2D eigenvalue weighted by atomic mass is 10.0. The number of hydrogen-bond donors (Lipinski definition) is 1. The minimum Gasteiger partial charge on any atom is -0.504 e. The van der Waals surface area contributed by atoms with Crippen LogP contribution >= 0.6 is 0 Å². The van der Waals surface area contributed by atoms with Crippen LogP contribution < -0.4 is 9.64 Å². The van der Waals surface area contributed by atoms with Gasteiger partial charge in [0.25, 0.3) is 5.91 Å². The first kappa shape index (κ1) is 14.4. The van der Waals surface area contributed by atoms with E-state index in [9.17, 15) is 9.90 Å². The van der Waals surface area contributed by atoms with E-state index in [4.69, 9.17) is 4.74 Å². The summed E-state index contributed by atoms with van der Waals surface area (Å²) in [5.74, 6) is 0.780. The zero-order valence-electron chi connectivity index (χ0n) is 13.0. The van der Waals surface area contributed by atoms with Gasteiger partial charge in [-0.3, -0.25) is 4.79 Å². The van der Waals surface area contributed by atoms with E-state index in [0.29, 0.717) is 23.8 Å². The fourth-order valence-corrected chi connectivity index (χ4v) is 2.74. The third kappa shape index (κ3) is 2.30. The van der Waals surface area contributed by atoms with Crippen LogP contribution in [0.25, 0.3) is 0 Å². The minimum atomic E-state index is -0.0643. The van der Waals surface area contributed by atoms with E-state index < -0.39 is 0 Å². The maximum absolute atomic E-state index is 12.6. The number of nitrogens with zero attached hydrogens (tertiary/aromatic N) is 1. The monoisotopic (exact) mass is 297 g/mol. The molecule has 1 amide bonds. The molecule has 0 atom stereocenters. The highest BCUT2D eigenvalue weighted by molar-refractivity contribution is 6.10.